The number of carbonyl (C=O) groups excluding carboxylic acids is 1. The average molecular weight is 244 g/mol. The van der Waals surface area contributed by atoms with E-state index in [-0.39, 0.29) is 12.4 Å². The summed E-state index contributed by atoms with van der Waals surface area (Å²) >= 11 is 3.07. The first-order valence-electron chi connectivity index (χ1n) is 3.72. The van der Waals surface area contributed by atoms with E-state index in [0.29, 0.717) is 16.5 Å². The van der Waals surface area contributed by atoms with Gasteiger partial charge in [-0.05, 0) is 34.0 Å². The van der Waals surface area contributed by atoms with Crippen LogP contribution in [0.1, 0.15) is 5.56 Å². The Morgan fingerprint density at radius 3 is 3.00 bits per heavy atom. The third kappa shape index (κ3) is 2.76. The van der Waals surface area contributed by atoms with Crippen molar-refractivity contribution in [3.05, 3.63) is 34.1 Å². The normalized spacial score (nSPS) is 9.38. The molecule has 0 atom stereocenters. The molecule has 0 saturated carbocycles. The number of hydrogen-bond acceptors (Lipinski definition) is 2. The molecule has 0 spiro atoms. The van der Waals surface area contributed by atoms with Gasteiger partial charge in [0.05, 0.1) is 11.0 Å². The van der Waals surface area contributed by atoms with E-state index >= 15 is 0 Å². The molecule has 0 aromatic heterocycles. The Bertz CT molecular complexity index is 347. The molecule has 0 bridgehead atoms. The zero-order valence-electron chi connectivity index (χ0n) is 6.76. The molecule has 0 aliphatic rings. The first kappa shape index (κ1) is 10.1. The van der Waals surface area contributed by atoms with Crippen LogP contribution in [-0.2, 0) is 11.2 Å². The van der Waals surface area contributed by atoms with Crippen molar-refractivity contribution in [2.24, 2.45) is 4.99 Å². The second-order valence-electron chi connectivity index (χ2n) is 2.44. The predicted octanol–water partition coefficient (Wildman–Crippen LogP) is 2.47. The summed E-state index contributed by atoms with van der Waals surface area (Å²) in [6, 6.07) is 5.04. The van der Waals surface area contributed by atoms with Gasteiger partial charge in [0.15, 0.2) is 0 Å². The molecular weight excluding hydrogens is 237 g/mol. The van der Waals surface area contributed by atoms with Crippen molar-refractivity contribution in [1.82, 2.24) is 0 Å². The Kier molecular flexibility index (Phi) is 3.80. The quantitative estimate of drug-likeness (QED) is 0.593. The van der Waals surface area contributed by atoms with Crippen LogP contribution in [0.2, 0.25) is 0 Å². The second-order valence-corrected chi connectivity index (χ2v) is 3.29. The smallest absolute Gasteiger partial charge is 0.211 e. The van der Waals surface area contributed by atoms with Crippen molar-refractivity contribution in [3.63, 3.8) is 0 Å². The topological polar surface area (TPSA) is 29.4 Å². The highest BCUT2D eigenvalue weighted by molar-refractivity contribution is 9.10. The van der Waals surface area contributed by atoms with Gasteiger partial charge in [-0.3, -0.25) is 0 Å². The van der Waals surface area contributed by atoms with Crippen LogP contribution in [0.3, 0.4) is 0 Å². The molecule has 0 heterocycles. The number of halogens is 2. The van der Waals surface area contributed by atoms with E-state index in [1.54, 1.807) is 18.2 Å². The third-order valence-electron chi connectivity index (χ3n) is 1.59. The lowest BCUT2D eigenvalue weighted by atomic mass is 10.1. The molecule has 0 N–H and O–H groups in total. The van der Waals surface area contributed by atoms with Gasteiger partial charge in [0.1, 0.15) is 5.82 Å². The van der Waals surface area contributed by atoms with Crippen LogP contribution in [0.15, 0.2) is 27.7 Å². The second kappa shape index (κ2) is 4.90. The maximum atomic E-state index is 13.2. The van der Waals surface area contributed by atoms with E-state index < -0.39 is 0 Å². The molecule has 0 fully saturated rings. The van der Waals surface area contributed by atoms with Crippen LogP contribution in [0.25, 0.3) is 0 Å². The molecule has 68 valence electrons. The minimum Gasteiger partial charge on any atom is -0.211 e. The lowest BCUT2D eigenvalue weighted by molar-refractivity contribution is 0.562. The van der Waals surface area contributed by atoms with Crippen LogP contribution in [0.5, 0.6) is 0 Å². The highest BCUT2D eigenvalue weighted by Crippen LogP contribution is 2.18. The summed E-state index contributed by atoms with van der Waals surface area (Å²) in [6.07, 6.45) is 1.83. The SMILES string of the molecule is O=C=NCCc1cccc(Br)c1F. The first-order valence-corrected chi connectivity index (χ1v) is 4.51. The zero-order chi connectivity index (χ0) is 9.68. The fraction of sp³-hybridized carbons (Fsp3) is 0.222. The molecule has 0 aliphatic heterocycles. The van der Waals surface area contributed by atoms with Gasteiger partial charge in [-0.25, -0.2) is 14.2 Å². The Labute approximate surface area is 83.6 Å². The van der Waals surface area contributed by atoms with Crippen molar-refractivity contribution in [1.29, 1.82) is 0 Å². The third-order valence-corrected chi connectivity index (χ3v) is 2.20. The van der Waals surface area contributed by atoms with Gasteiger partial charge in [-0.15, -0.1) is 0 Å². The van der Waals surface area contributed by atoms with Gasteiger partial charge < -0.3 is 0 Å². The van der Waals surface area contributed by atoms with E-state index in [2.05, 4.69) is 20.9 Å². The molecule has 4 heteroatoms. The monoisotopic (exact) mass is 243 g/mol. The summed E-state index contributed by atoms with van der Waals surface area (Å²) in [7, 11) is 0. The van der Waals surface area contributed by atoms with Crippen molar-refractivity contribution in [3.8, 4) is 0 Å². The van der Waals surface area contributed by atoms with Crippen LogP contribution < -0.4 is 0 Å². The number of rotatable bonds is 3. The summed E-state index contributed by atoms with van der Waals surface area (Å²) in [5.41, 5.74) is 0.549. The van der Waals surface area contributed by atoms with Gasteiger partial charge in [0.25, 0.3) is 0 Å². The van der Waals surface area contributed by atoms with E-state index in [0.717, 1.165) is 0 Å². The number of isocyanates is 1. The molecule has 0 amide bonds. The largest absolute Gasteiger partial charge is 0.234 e. The molecule has 0 saturated heterocycles. The highest BCUT2D eigenvalue weighted by atomic mass is 79.9. The average Bonchev–Trinajstić information content (AvgIpc) is 2.13. The van der Waals surface area contributed by atoms with E-state index in [1.807, 2.05) is 0 Å². The van der Waals surface area contributed by atoms with Gasteiger partial charge in [-0.2, -0.15) is 0 Å². The molecule has 2 nitrogen and oxygen atoms in total. The van der Waals surface area contributed by atoms with Gasteiger partial charge in [0, 0.05) is 0 Å². The van der Waals surface area contributed by atoms with Crippen molar-refractivity contribution in [2.45, 2.75) is 6.42 Å². The van der Waals surface area contributed by atoms with Gasteiger partial charge >= 0.3 is 0 Å². The molecule has 0 aliphatic carbocycles. The fourth-order valence-electron chi connectivity index (χ4n) is 0.964. The summed E-state index contributed by atoms with van der Waals surface area (Å²) in [5.74, 6) is -0.288. The maximum absolute atomic E-state index is 13.2. The molecule has 0 radical (unpaired) electrons. The number of nitrogens with zero attached hydrogens (tertiary/aromatic N) is 1. The van der Waals surface area contributed by atoms with Crippen molar-refractivity contribution < 1.29 is 9.18 Å². The van der Waals surface area contributed by atoms with Crippen LogP contribution >= 0.6 is 15.9 Å². The lowest BCUT2D eigenvalue weighted by Gasteiger charge is -2.01. The molecule has 13 heavy (non-hydrogen) atoms. The maximum Gasteiger partial charge on any atom is 0.234 e. The molecule has 1 aromatic carbocycles. The lowest BCUT2D eigenvalue weighted by Crippen LogP contribution is -1.94. The Morgan fingerprint density at radius 1 is 1.54 bits per heavy atom. The van der Waals surface area contributed by atoms with Crippen molar-refractivity contribution in [2.75, 3.05) is 6.54 Å². The molecule has 1 aromatic rings. The minimum absolute atomic E-state index is 0.275. The Morgan fingerprint density at radius 2 is 2.31 bits per heavy atom. The Balaban J connectivity index is 2.76. The number of hydrogen-bond donors (Lipinski definition) is 0. The number of benzene rings is 1. The molecule has 0 unspecified atom stereocenters. The molecule has 1 rings (SSSR count). The Hall–Kier alpha value is -0.990. The van der Waals surface area contributed by atoms with Gasteiger partial charge in [0.2, 0.25) is 6.08 Å². The zero-order valence-corrected chi connectivity index (χ0v) is 8.34. The summed E-state index contributed by atoms with van der Waals surface area (Å²) < 4.78 is 13.7. The van der Waals surface area contributed by atoms with Crippen molar-refractivity contribution >= 4 is 22.0 Å². The van der Waals surface area contributed by atoms with E-state index in [1.165, 1.54) is 6.08 Å². The van der Waals surface area contributed by atoms with Crippen LogP contribution in [0.4, 0.5) is 4.39 Å². The van der Waals surface area contributed by atoms with Crippen LogP contribution in [0, 0.1) is 5.82 Å². The number of aliphatic imine (C=N–C) groups is 1. The highest BCUT2D eigenvalue weighted by Gasteiger charge is 2.04. The van der Waals surface area contributed by atoms with E-state index in [9.17, 15) is 9.18 Å². The standard InChI is InChI=1S/C9H7BrFNO/c10-8-3-1-2-7(9(8)11)4-5-12-6-13/h1-3H,4-5H2. The van der Waals surface area contributed by atoms with E-state index in [4.69, 9.17) is 0 Å². The summed E-state index contributed by atoms with van der Waals surface area (Å²) in [6.45, 7) is 0.275. The first-order chi connectivity index (χ1) is 6.25. The predicted molar refractivity (Wildman–Crippen MR) is 50.8 cm³/mol. The van der Waals surface area contributed by atoms with Crippen LogP contribution in [-0.4, -0.2) is 12.6 Å². The van der Waals surface area contributed by atoms with Gasteiger partial charge in [-0.1, -0.05) is 12.1 Å². The fourth-order valence-corrected chi connectivity index (χ4v) is 1.37. The minimum atomic E-state index is -0.288. The molecular formula is C9H7BrFNO. The summed E-state index contributed by atoms with van der Waals surface area (Å²) in [5, 5.41) is 0. The summed E-state index contributed by atoms with van der Waals surface area (Å²) in [4.78, 5) is 13.1.